The van der Waals surface area contributed by atoms with Crippen molar-refractivity contribution >= 4 is 11.7 Å². The van der Waals surface area contributed by atoms with E-state index in [-0.39, 0.29) is 12.2 Å². The maximum absolute atomic E-state index is 10.8. The van der Waals surface area contributed by atoms with Gasteiger partial charge in [0.05, 0.1) is 17.4 Å². The maximum atomic E-state index is 10.8. The molecule has 0 bridgehead atoms. The number of hydrogen-bond acceptors (Lipinski definition) is 5. The molecule has 8 nitrogen and oxygen atoms in total. The SMILES string of the molecule is CC(Cn1cnc(-c2ccc([N+](=O)[O-])cc2)n1)C(=O)O. The lowest BCUT2D eigenvalue weighted by molar-refractivity contribution is -0.384. The van der Waals surface area contributed by atoms with Crippen molar-refractivity contribution in [2.24, 2.45) is 5.92 Å². The molecule has 1 aromatic heterocycles. The highest BCUT2D eigenvalue weighted by Crippen LogP contribution is 2.19. The number of carboxylic acids is 1. The van der Waals surface area contributed by atoms with Crippen LogP contribution in [0.25, 0.3) is 11.4 Å². The number of benzene rings is 1. The Morgan fingerprint density at radius 1 is 1.45 bits per heavy atom. The zero-order chi connectivity index (χ0) is 14.7. The molecule has 0 aliphatic rings. The molecule has 20 heavy (non-hydrogen) atoms. The Kier molecular flexibility index (Phi) is 3.74. The van der Waals surface area contributed by atoms with Crippen LogP contribution in [-0.4, -0.2) is 30.8 Å². The van der Waals surface area contributed by atoms with E-state index in [9.17, 15) is 14.9 Å². The van der Waals surface area contributed by atoms with Crippen LogP contribution in [0.3, 0.4) is 0 Å². The van der Waals surface area contributed by atoms with Crippen molar-refractivity contribution in [2.75, 3.05) is 0 Å². The molecule has 0 amide bonds. The molecule has 0 spiro atoms. The first-order valence-electron chi connectivity index (χ1n) is 5.84. The van der Waals surface area contributed by atoms with Crippen LogP contribution in [0.15, 0.2) is 30.6 Å². The summed E-state index contributed by atoms with van der Waals surface area (Å²) in [6.45, 7) is 1.80. The van der Waals surface area contributed by atoms with Gasteiger partial charge in [-0.15, -0.1) is 0 Å². The third-order valence-corrected chi connectivity index (χ3v) is 2.76. The van der Waals surface area contributed by atoms with Gasteiger partial charge in [0.15, 0.2) is 5.82 Å². The average Bonchev–Trinajstić information content (AvgIpc) is 2.87. The van der Waals surface area contributed by atoms with Crippen molar-refractivity contribution in [3.63, 3.8) is 0 Å². The zero-order valence-corrected chi connectivity index (χ0v) is 10.6. The van der Waals surface area contributed by atoms with Gasteiger partial charge >= 0.3 is 5.97 Å². The molecule has 0 saturated heterocycles. The van der Waals surface area contributed by atoms with E-state index in [4.69, 9.17) is 5.11 Å². The lowest BCUT2D eigenvalue weighted by Gasteiger charge is -2.04. The quantitative estimate of drug-likeness (QED) is 0.655. The Morgan fingerprint density at radius 2 is 2.10 bits per heavy atom. The van der Waals surface area contributed by atoms with Gasteiger partial charge in [-0.1, -0.05) is 6.92 Å². The second kappa shape index (κ2) is 5.47. The van der Waals surface area contributed by atoms with E-state index in [2.05, 4.69) is 10.1 Å². The Balaban J connectivity index is 2.16. The van der Waals surface area contributed by atoms with Crippen molar-refractivity contribution in [2.45, 2.75) is 13.5 Å². The van der Waals surface area contributed by atoms with E-state index in [1.165, 1.54) is 23.1 Å². The maximum Gasteiger partial charge on any atom is 0.308 e. The average molecular weight is 276 g/mol. The van der Waals surface area contributed by atoms with Crippen molar-refractivity contribution in [1.29, 1.82) is 0 Å². The minimum Gasteiger partial charge on any atom is -0.481 e. The molecular formula is C12H12N4O4. The van der Waals surface area contributed by atoms with Gasteiger partial charge in [0.1, 0.15) is 6.33 Å². The zero-order valence-electron chi connectivity index (χ0n) is 10.6. The lowest BCUT2D eigenvalue weighted by atomic mass is 10.2. The fourth-order valence-electron chi connectivity index (χ4n) is 1.61. The summed E-state index contributed by atoms with van der Waals surface area (Å²) in [5.41, 5.74) is 0.630. The molecule has 0 saturated carbocycles. The van der Waals surface area contributed by atoms with E-state index >= 15 is 0 Å². The minimum atomic E-state index is -0.905. The summed E-state index contributed by atoms with van der Waals surface area (Å²) >= 11 is 0. The van der Waals surface area contributed by atoms with Gasteiger partial charge in [0, 0.05) is 17.7 Å². The highest BCUT2D eigenvalue weighted by molar-refractivity contribution is 5.69. The third-order valence-electron chi connectivity index (χ3n) is 2.76. The monoisotopic (exact) mass is 276 g/mol. The molecule has 2 aromatic rings. The van der Waals surface area contributed by atoms with Crippen LogP contribution in [0, 0.1) is 16.0 Å². The minimum absolute atomic E-state index is 0.00678. The second-order valence-corrected chi connectivity index (χ2v) is 4.33. The first-order valence-corrected chi connectivity index (χ1v) is 5.84. The molecule has 0 aliphatic heterocycles. The van der Waals surface area contributed by atoms with Crippen LogP contribution in [0.1, 0.15) is 6.92 Å². The number of nitro groups is 1. The number of carboxylic acid groups (broad SMARTS) is 1. The van der Waals surface area contributed by atoms with Crippen LogP contribution in [0.5, 0.6) is 0 Å². The Morgan fingerprint density at radius 3 is 2.65 bits per heavy atom. The Labute approximate surface area is 113 Å². The first kappa shape index (κ1) is 13.7. The van der Waals surface area contributed by atoms with Crippen molar-refractivity contribution in [1.82, 2.24) is 14.8 Å². The van der Waals surface area contributed by atoms with Gasteiger partial charge in [0.25, 0.3) is 5.69 Å². The second-order valence-electron chi connectivity index (χ2n) is 4.33. The fraction of sp³-hybridized carbons (Fsp3) is 0.250. The normalized spacial score (nSPS) is 12.1. The number of non-ortho nitro benzene ring substituents is 1. The molecule has 0 radical (unpaired) electrons. The van der Waals surface area contributed by atoms with Gasteiger partial charge < -0.3 is 5.11 Å². The Bertz CT molecular complexity index is 635. The topological polar surface area (TPSA) is 111 Å². The molecular weight excluding hydrogens is 264 g/mol. The number of nitro benzene ring substituents is 1. The molecule has 1 atom stereocenters. The standard InChI is InChI=1S/C12H12N4O4/c1-8(12(17)18)6-15-7-13-11(14-15)9-2-4-10(5-3-9)16(19)20/h2-5,7-8H,6H2,1H3,(H,17,18). The van der Waals surface area contributed by atoms with Gasteiger partial charge in [0.2, 0.25) is 0 Å². The van der Waals surface area contributed by atoms with E-state index in [0.717, 1.165) is 0 Å². The predicted octanol–water partition coefficient (Wildman–Crippen LogP) is 1.57. The molecule has 2 rings (SSSR count). The summed E-state index contributed by atoms with van der Waals surface area (Å²) in [4.78, 5) is 24.9. The number of hydrogen-bond donors (Lipinski definition) is 1. The van der Waals surface area contributed by atoms with Crippen molar-refractivity contribution in [3.8, 4) is 11.4 Å². The summed E-state index contributed by atoms with van der Waals surface area (Å²) < 4.78 is 1.44. The molecule has 1 aromatic carbocycles. The number of carbonyl (C=O) groups is 1. The van der Waals surface area contributed by atoms with Crippen LogP contribution >= 0.6 is 0 Å². The number of rotatable bonds is 5. The van der Waals surface area contributed by atoms with Crippen LogP contribution < -0.4 is 0 Å². The first-order chi connectivity index (χ1) is 9.47. The van der Waals surface area contributed by atoms with Crippen molar-refractivity contribution < 1.29 is 14.8 Å². The number of aromatic nitrogens is 3. The summed E-state index contributed by atoms with van der Waals surface area (Å²) in [6.07, 6.45) is 1.44. The molecule has 1 N–H and O–H groups in total. The smallest absolute Gasteiger partial charge is 0.308 e. The molecule has 8 heteroatoms. The Hall–Kier alpha value is -2.77. The van der Waals surface area contributed by atoms with Gasteiger partial charge in [-0.25, -0.2) is 4.98 Å². The van der Waals surface area contributed by atoms with Gasteiger partial charge in [-0.05, 0) is 12.1 Å². The van der Waals surface area contributed by atoms with Crippen LogP contribution in [0.2, 0.25) is 0 Å². The van der Waals surface area contributed by atoms with Crippen LogP contribution in [0.4, 0.5) is 5.69 Å². The summed E-state index contributed by atoms with van der Waals surface area (Å²) in [7, 11) is 0. The van der Waals surface area contributed by atoms with E-state index < -0.39 is 16.8 Å². The number of nitrogens with zero attached hydrogens (tertiary/aromatic N) is 4. The van der Waals surface area contributed by atoms with E-state index in [1.807, 2.05) is 0 Å². The molecule has 0 aliphatic carbocycles. The lowest BCUT2D eigenvalue weighted by Crippen LogP contribution is -2.17. The molecule has 104 valence electrons. The van der Waals surface area contributed by atoms with Gasteiger partial charge in [-0.3, -0.25) is 19.6 Å². The third kappa shape index (κ3) is 2.97. The van der Waals surface area contributed by atoms with Crippen LogP contribution in [-0.2, 0) is 11.3 Å². The number of aliphatic carboxylic acids is 1. The highest BCUT2D eigenvalue weighted by atomic mass is 16.6. The molecule has 0 fully saturated rings. The summed E-state index contributed by atoms with van der Waals surface area (Å²) in [5.74, 6) is -1.07. The largest absolute Gasteiger partial charge is 0.481 e. The highest BCUT2D eigenvalue weighted by Gasteiger charge is 2.13. The van der Waals surface area contributed by atoms with E-state index in [0.29, 0.717) is 11.4 Å². The van der Waals surface area contributed by atoms with Gasteiger partial charge in [-0.2, -0.15) is 5.10 Å². The van der Waals surface area contributed by atoms with E-state index in [1.54, 1.807) is 19.1 Å². The molecule has 1 unspecified atom stereocenters. The molecule has 1 heterocycles. The van der Waals surface area contributed by atoms with Crippen molar-refractivity contribution in [3.05, 3.63) is 40.7 Å². The summed E-state index contributed by atoms with van der Waals surface area (Å²) in [5, 5.41) is 23.5. The predicted molar refractivity (Wildman–Crippen MR) is 68.9 cm³/mol. The fourth-order valence-corrected chi connectivity index (χ4v) is 1.61. The summed E-state index contributed by atoms with van der Waals surface area (Å²) in [6, 6.07) is 5.85.